The molecule has 3 heteroatoms. The predicted octanol–water partition coefficient (Wildman–Crippen LogP) is 1.79. The van der Waals surface area contributed by atoms with Crippen LogP contribution in [0.5, 0.6) is 5.75 Å². The van der Waals surface area contributed by atoms with Crippen molar-refractivity contribution in [3.05, 3.63) is 29.3 Å². The zero-order valence-corrected chi connectivity index (χ0v) is 9.53. The number of rotatable bonds is 4. The highest BCUT2D eigenvalue weighted by atomic mass is 16.5. The molecule has 0 bridgehead atoms. The Morgan fingerprint density at radius 3 is 3.12 bits per heavy atom. The van der Waals surface area contributed by atoms with Crippen molar-refractivity contribution in [1.82, 2.24) is 0 Å². The van der Waals surface area contributed by atoms with Gasteiger partial charge in [-0.05, 0) is 36.2 Å². The summed E-state index contributed by atoms with van der Waals surface area (Å²) in [6, 6.07) is 5.69. The molecular formula is C13H17NO2. The highest BCUT2D eigenvalue weighted by molar-refractivity contribution is 5.96. The van der Waals surface area contributed by atoms with Gasteiger partial charge < -0.3 is 10.5 Å². The molecule has 0 fully saturated rings. The first-order valence-corrected chi connectivity index (χ1v) is 5.69. The molecule has 0 aromatic heterocycles. The minimum atomic E-state index is 0.174. The molecule has 1 aromatic carbocycles. The summed E-state index contributed by atoms with van der Waals surface area (Å²) in [7, 11) is 0. The topological polar surface area (TPSA) is 52.3 Å². The molecule has 16 heavy (non-hydrogen) atoms. The summed E-state index contributed by atoms with van der Waals surface area (Å²) >= 11 is 0. The second-order valence-electron chi connectivity index (χ2n) is 4.39. The maximum atomic E-state index is 11.9. The van der Waals surface area contributed by atoms with E-state index in [-0.39, 0.29) is 11.7 Å². The number of ketones is 1. The molecule has 3 nitrogen and oxygen atoms in total. The molecule has 0 saturated heterocycles. The third kappa shape index (κ3) is 2.25. The quantitative estimate of drug-likeness (QED) is 0.785. The van der Waals surface area contributed by atoms with Gasteiger partial charge in [0.05, 0.1) is 6.61 Å². The maximum Gasteiger partial charge on any atom is 0.163 e. The first-order valence-electron chi connectivity index (χ1n) is 5.69. The summed E-state index contributed by atoms with van der Waals surface area (Å²) in [5.41, 5.74) is 7.44. The largest absolute Gasteiger partial charge is 0.493 e. The number of hydrogen-bond donors (Lipinski definition) is 1. The predicted molar refractivity (Wildman–Crippen MR) is 62.8 cm³/mol. The molecule has 1 unspecified atom stereocenters. The Balaban J connectivity index is 2.12. The molecule has 1 heterocycles. The molecule has 0 radical (unpaired) electrons. The molecular weight excluding hydrogens is 202 g/mol. The Hall–Kier alpha value is -1.35. The molecule has 0 spiro atoms. The van der Waals surface area contributed by atoms with Gasteiger partial charge in [0, 0.05) is 18.4 Å². The van der Waals surface area contributed by atoms with Crippen molar-refractivity contribution in [1.29, 1.82) is 0 Å². The molecule has 1 atom stereocenters. The van der Waals surface area contributed by atoms with Gasteiger partial charge >= 0.3 is 0 Å². The van der Waals surface area contributed by atoms with Crippen molar-refractivity contribution in [3.8, 4) is 5.75 Å². The summed E-state index contributed by atoms with van der Waals surface area (Å²) in [6.07, 6.45) is 1.43. The summed E-state index contributed by atoms with van der Waals surface area (Å²) in [5, 5.41) is 0. The van der Waals surface area contributed by atoms with E-state index in [2.05, 4.69) is 0 Å². The van der Waals surface area contributed by atoms with Gasteiger partial charge in [0.2, 0.25) is 0 Å². The maximum absolute atomic E-state index is 11.9. The molecule has 86 valence electrons. The molecule has 1 aliphatic rings. The van der Waals surface area contributed by atoms with Gasteiger partial charge in [0.25, 0.3) is 0 Å². The van der Waals surface area contributed by atoms with Crippen LogP contribution in [0, 0.1) is 5.92 Å². The van der Waals surface area contributed by atoms with Gasteiger partial charge in [0.1, 0.15) is 5.75 Å². The van der Waals surface area contributed by atoms with Gasteiger partial charge in [-0.15, -0.1) is 0 Å². The van der Waals surface area contributed by atoms with Gasteiger partial charge in [-0.3, -0.25) is 4.79 Å². The fourth-order valence-corrected chi connectivity index (χ4v) is 1.88. The zero-order valence-electron chi connectivity index (χ0n) is 9.53. The minimum absolute atomic E-state index is 0.174. The van der Waals surface area contributed by atoms with Crippen molar-refractivity contribution >= 4 is 5.78 Å². The zero-order chi connectivity index (χ0) is 11.5. The van der Waals surface area contributed by atoms with Crippen LogP contribution in [0.2, 0.25) is 0 Å². The number of carbonyl (C=O) groups is 1. The molecule has 2 N–H and O–H groups in total. The molecule has 1 aromatic rings. The van der Waals surface area contributed by atoms with Gasteiger partial charge in [-0.1, -0.05) is 6.92 Å². The number of carbonyl (C=O) groups excluding carboxylic acids is 1. The lowest BCUT2D eigenvalue weighted by atomic mass is 9.98. The summed E-state index contributed by atoms with van der Waals surface area (Å²) in [4.78, 5) is 11.9. The van der Waals surface area contributed by atoms with Crippen molar-refractivity contribution in [3.63, 3.8) is 0 Å². The van der Waals surface area contributed by atoms with Crippen LogP contribution in [-0.2, 0) is 6.42 Å². The fourth-order valence-electron chi connectivity index (χ4n) is 1.88. The van der Waals surface area contributed by atoms with Gasteiger partial charge in [-0.25, -0.2) is 0 Å². The van der Waals surface area contributed by atoms with E-state index in [1.54, 1.807) is 0 Å². The average Bonchev–Trinajstić information content (AvgIpc) is 2.75. The van der Waals surface area contributed by atoms with Crippen molar-refractivity contribution < 1.29 is 9.53 Å². The third-order valence-electron chi connectivity index (χ3n) is 2.95. The third-order valence-corrected chi connectivity index (χ3v) is 2.95. The standard InChI is InChI=1S/C13H17NO2/c1-9(8-14)6-12(15)10-2-3-13-11(7-10)4-5-16-13/h2-3,7,9H,4-6,8,14H2,1H3. The van der Waals surface area contributed by atoms with E-state index in [9.17, 15) is 4.79 Å². The Morgan fingerprint density at radius 2 is 2.38 bits per heavy atom. The van der Waals surface area contributed by atoms with Crippen LogP contribution in [0.4, 0.5) is 0 Å². The minimum Gasteiger partial charge on any atom is -0.493 e. The Labute approximate surface area is 95.6 Å². The van der Waals surface area contributed by atoms with E-state index in [0.29, 0.717) is 13.0 Å². The van der Waals surface area contributed by atoms with E-state index in [1.807, 2.05) is 25.1 Å². The molecule has 0 aliphatic carbocycles. The highest BCUT2D eigenvalue weighted by Crippen LogP contribution is 2.26. The number of fused-ring (bicyclic) bond motifs is 1. The lowest BCUT2D eigenvalue weighted by Crippen LogP contribution is -2.15. The van der Waals surface area contributed by atoms with Crippen LogP contribution in [0.25, 0.3) is 0 Å². The van der Waals surface area contributed by atoms with Crippen molar-refractivity contribution in [2.24, 2.45) is 11.7 Å². The van der Waals surface area contributed by atoms with E-state index in [0.717, 1.165) is 29.9 Å². The first kappa shape index (κ1) is 11.1. The van der Waals surface area contributed by atoms with Crippen molar-refractivity contribution in [2.45, 2.75) is 19.8 Å². The van der Waals surface area contributed by atoms with E-state index in [1.165, 1.54) is 0 Å². The van der Waals surface area contributed by atoms with Gasteiger partial charge in [-0.2, -0.15) is 0 Å². The molecule has 0 amide bonds. The second-order valence-corrected chi connectivity index (χ2v) is 4.39. The smallest absolute Gasteiger partial charge is 0.163 e. The van der Waals surface area contributed by atoms with E-state index in [4.69, 9.17) is 10.5 Å². The number of benzene rings is 1. The lowest BCUT2D eigenvalue weighted by Gasteiger charge is -2.08. The SMILES string of the molecule is CC(CN)CC(=O)c1ccc2c(c1)CCO2. The van der Waals surface area contributed by atoms with Crippen LogP contribution >= 0.6 is 0 Å². The summed E-state index contributed by atoms with van der Waals surface area (Å²) in [5.74, 6) is 1.34. The average molecular weight is 219 g/mol. The number of nitrogens with two attached hydrogens (primary N) is 1. The van der Waals surface area contributed by atoms with Crippen molar-refractivity contribution in [2.75, 3.05) is 13.2 Å². The van der Waals surface area contributed by atoms with Crippen LogP contribution in [0.1, 0.15) is 29.3 Å². The Kier molecular flexibility index (Phi) is 3.25. The fraction of sp³-hybridized carbons (Fsp3) is 0.462. The Bertz CT molecular complexity index is 401. The number of Topliss-reactive ketones (excluding diaryl/α,β-unsaturated/α-hetero) is 1. The van der Waals surface area contributed by atoms with E-state index < -0.39 is 0 Å². The number of ether oxygens (including phenoxy) is 1. The van der Waals surface area contributed by atoms with E-state index >= 15 is 0 Å². The van der Waals surface area contributed by atoms with Crippen LogP contribution in [0.3, 0.4) is 0 Å². The monoisotopic (exact) mass is 219 g/mol. The second kappa shape index (κ2) is 4.66. The van der Waals surface area contributed by atoms with Gasteiger partial charge in [0.15, 0.2) is 5.78 Å². The molecule has 0 saturated carbocycles. The van der Waals surface area contributed by atoms with Crippen LogP contribution in [-0.4, -0.2) is 18.9 Å². The molecule has 2 rings (SSSR count). The highest BCUT2D eigenvalue weighted by Gasteiger charge is 2.16. The normalized spacial score (nSPS) is 15.4. The Morgan fingerprint density at radius 1 is 1.56 bits per heavy atom. The summed E-state index contributed by atoms with van der Waals surface area (Å²) in [6.45, 7) is 3.28. The van der Waals surface area contributed by atoms with Crippen LogP contribution in [0.15, 0.2) is 18.2 Å². The number of hydrogen-bond acceptors (Lipinski definition) is 3. The first-order chi connectivity index (χ1) is 7.70. The van der Waals surface area contributed by atoms with Crippen LogP contribution < -0.4 is 10.5 Å². The molecule has 1 aliphatic heterocycles. The lowest BCUT2D eigenvalue weighted by molar-refractivity contribution is 0.0966. The summed E-state index contributed by atoms with van der Waals surface area (Å²) < 4.78 is 5.40.